The first-order valence-electron chi connectivity index (χ1n) is 7.94. The lowest BCUT2D eigenvalue weighted by Crippen LogP contribution is -2.21. The molecule has 0 saturated carbocycles. The third-order valence-electron chi connectivity index (χ3n) is 3.61. The fourth-order valence-electron chi connectivity index (χ4n) is 2.39. The predicted molar refractivity (Wildman–Crippen MR) is 98.3 cm³/mol. The Bertz CT molecular complexity index is 984. The van der Waals surface area contributed by atoms with E-state index in [9.17, 15) is 19.7 Å². The van der Waals surface area contributed by atoms with Crippen molar-refractivity contribution in [2.24, 2.45) is 0 Å². The molecule has 0 saturated heterocycles. The largest absolute Gasteiger partial charge is 0.381 e. The number of nitro groups is 1. The van der Waals surface area contributed by atoms with E-state index in [4.69, 9.17) is 0 Å². The molecule has 9 heteroatoms. The van der Waals surface area contributed by atoms with E-state index in [0.717, 1.165) is 6.20 Å². The normalized spacial score (nSPS) is 10.2. The van der Waals surface area contributed by atoms with Gasteiger partial charge >= 0.3 is 5.82 Å². The second-order valence-corrected chi connectivity index (χ2v) is 5.58. The van der Waals surface area contributed by atoms with Gasteiger partial charge in [-0.1, -0.05) is 30.3 Å². The maximum Gasteiger partial charge on any atom is 0.381 e. The van der Waals surface area contributed by atoms with Crippen LogP contribution >= 0.6 is 0 Å². The van der Waals surface area contributed by atoms with E-state index < -0.39 is 10.8 Å². The summed E-state index contributed by atoms with van der Waals surface area (Å²) in [7, 11) is 0. The number of imidazole rings is 1. The second-order valence-electron chi connectivity index (χ2n) is 5.58. The SMILES string of the molecule is O=C(Cn1cnc([N+](=O)[O-])c1)Nc1ccccc1C(=O)Nc1ccccc1. The average Bonchev–Trinajstić information content (AvgIpc) is 3.11. The molecule has 0 atom stereocenters. The summed E-state index contributed by atoms with van der Waals surface area (Å²) in [5.74, 6) is -1.15. The van der Waals surface area contributed by atoms with E-state index in [1.165, 1.54) is 10.9 Å². The number of carbonyl (C=O) groups excluding carboxylic acids is 2. The van der Waals surface area contributed by atoms with Crippen LogP contribution in [-0.2, 0) is 11.3 Å². The first-order chi connectivity index (χ1) is 13.0. The molecule has 0 spiro atoms. The highest BCUT2D eigenvalue weighted by atomic mass is 16.6. The quantitative estimate of drug-likeness (QED) is 0.514. The van der Waals surface area contributed by atoms with Crippen molar-refractivity contribution in [1.82, 2.24) is 9.55 Å². The van der Waals surface area contributed by atoms with Gasteiger partial charge in [0.05, 0.1) is 11.3 Å². The number of aromatic nitrogens is 2. The first-order valence-corrected chi connectivity index (χ1v) is 7.94. The molecule has 0 aliphatic heterocycles. The molecule has 0 unspecified atom stereocenters. The second kappa shape index (κ2) is 7.91. The highest BCUT2D eigenvalue weighted by Gasteiger charge is 2.15. The van der Waals surface area contributed by atoms with Crippen molar-refractivity contribution in [1.29, 1.82) is 0 Å². The highest BCUT2D eigenvalue weighted by Crippen LogP contribution is 2.17. The number of nitrogens with one attached hydrogen (secondary N) is 2. The summed E-state index contributed by atoms with van der Waals surface area (Å²) in [4.78, 5) is 38.3. The van der Waals surface area contributed by atoms with Gasteiger partial charge in [-0.3, -0.25) is 9.59 Å². The van der Waals surface area contributed by atoms with Gasteiger partial charge in [-0.25, -0.2) is 0 Å². The molecule has 1 heterocycles. The number of nitrogens with zero attached hydrogens (tertiary/aromatic N) is 3. The Balaban J connectivity index is 1.70. The van der Waals surface area contributed by atoms with Gasteiger partial charge in [0.2, 0.25) is 12.2 Å². The van der Waals surface area contributed by atoms with E-state index in [2.05, 4.69) is 15.6 Å². The number of anilines is 2. The minimum Gasteiger partial charge on any atom is -0.358 e. The number of hydrogen-bond acceptors (Lipinski definition) is 5. The summed E-state index contributed by atoms with van der Waals surface area (Å²) in [6.07, 6.45) is 2.36. The molecule has 3 rings (SSSR count). The van der Waals surface area contributed by atoms with Crippen molar-refractivity contribution in [2.75, 3.05) is 10.6 Å². The molecule has 1 aromatic heterocycles. The van der Waals surface area contributed by atoms with Crippen molar-refractivity contribution in [3.05, 3.63) is 82.8 Å². The molecular weight excluding hydrogens is 350 g/mol. The molecule has 2 amide bonds. The monoisotopic (exact) mass is 365 g/mol. The van der Waals surface area contributed by atoms with Crippen LogP contribution in [0.15, 0.2) is 67.1 Å². The fourth-order valence-corrected chi connectivity index (χ4v) is 2.39. The van der Waals surface area contributed by atoms with Crippen molar-refractivity contribution in [2.45, 2.75) is 6.54 Å². The van der Waals surface area contributed by atoms with E-state index >= 15 is 0 Å². The summed E-state index contributed by atoms with van der Waals surface area (Å²) >= 11 is 0. The maximum atomic E-state index is 12.5. The van der Waals surface area contributed by atoms with Gasteiger partial charge in [-0.05, 0) is 34.2 Å². The van der Waals surface area contributed by atoms with Gasteiger partial charge in [0.15, 0.2) is 0 Å². The van der Waals surface area contributed by atoms with Gasteiger partial charge in [0.1, 0.15) is 12.7 Å². The molecule has 136 valence electrons. The van der Waals surface area contributed by atoms with Crippen molar-refractivity contribution >= 4 is 29.0 Å². The third kappa shape index (κ3) is 4.54. The Hall–Kier alpha value is -4.01. The summed E-state index contributed by atoms with van der Waals surface area (Å²) in [6, 6.07) is 15.5. The Morgan fingerprint density at radius 1 is 1.04 bits per heavy atom. The van der Waals surface area contributed by atoms with Crippen LogP contribution in [0.3, 0.4) is 0 Å². The number of hydrogen-bond donors (Lipinski definition) is 2. The lowest BCUT2D eigenvalue weighted by molar-refractivity contribution is -0.389. The number of para-hydroxylation sites is 2. The predicted octanol–water partition coefficient (Wildman–Crippen LogP) is 2.68. The zero-order valence-corrected chi connectivity index (χ0v) is 14.0. The maximum absolute atomic E-state index is 12.5. The molecule has 0 aliphatic carbocycles. The summed E-state index contributed by atoms with van der Waals surface area (Å²) in [5.41, 5.74) is 1.27. The van der Waals surface area contributed by atoms with Gasteiger partial charge in [0, 0.05) is 5.69 Å². The molecule has 3 aromatic rings. The third-order valence-corrected chi connectivity index (χ3v) is 3.61. The van der Waals surface area contributed by atoms with Crippen LogP contribution in [0.25, 0.3) is 0 Å². The topological polar surface area (TPSA) is 119 Å². The Morgan fingerprint density at radius 2 is 1.74 bits per heavy atom. The standard InChI is InChI=1S/C18H15N5O4/c24-17(11-22-10-16(19-12-22)23(26)27)21-15-9-5-4-8-14(15)18(25)20-13-6-2-1-3-7-13/h1-10,12H,11H2,(H,20,25)(H,21,24). The molecule has 9 nitrogen and oxygen atoms in total. The van der Waals surface area contributed by atoms with E-state index in [0.29, 0.717) is 16.9 Å². The van der Waals surface area contributed by atoms with E-state index in [1.807, 2.05) is 6.07 Å². The molecule has 0 aliphatic rings. The van der Waals surface area contributed by atoms with Crippen molar-refractivity contribution in [3.63, 3.8) is 0 Å². The molecule has 0 bridgehead atoms. The first kappa shape index (κ1) is 17.8. The van der Waals surface area contributed by atoms with Crippen LogP contribution in [-0.4, -0.2) is 26.3 Å². The molecular formula is C18H15N5O4. The van der Waals surface area contributed by atoms with Crippen LogP contribution in [0.2, 0.25) is 0 Å². The molecule has 27 heavy (non-hydrogen) atoms. The Kier molecular flexibility index (Phi) is 5.22. The van der Waals surface area contributed by atoms with Crippen LogP contribution in [0.5, 0.6) is 0 Å². The van der Waals surface area contributed by atoms with Crippen LogP contribution < -0.4 is 10.6 Å². The number of carbonyl (C=O) groups is 2. The van der Waals surface area contributed by atoms with Crippen LogP contribution in [0, 0.1) is 10.1 Å². The summed E-state index contributed by atoms with van der Waals surface area (Å²) in [6.45, 7) is -0.171. The lowest BCUT2D eigenvalue weighted by atomic mass is 10.1. The summed E-state index contributed by atoms with van der Waals surface area (Å²) in [5, 5.41) is 16.0. The average molecular weight is 365 g/mol. The van der Waals surface area contributed by atoms with Gasteiger partial charge in [-0.15, -0.1) is 0 Å². The Morgan fingerprint density at radius 3 is 2.44 bits per heavy atom. The van der Waals surface area contributed by atoms with E-state index in [-0.39, 0.29) is 18.3 Å². The molecule has 2 N–H and O–H groups in total. The van der Waals surface area contributed by atoms with Crippen molar-refractivity contribution in [3.8, 4) is 0 Å². The fraction of sp³-hybridized carbons (Fsp3) is 0.0556. The number of amides is 2. The zero-order chi connectivity index (χ0) is 19.2. The Labute approximate surface area is 153 Å². The minimum atomic E-state index is -0.641. The van der Waals surface area contributed by atoms with Gasteiger partial charge in [0.25, 0.3) is 5.91 Å². The zero-order valence-electron chi connectivity index (χ0n) is 14.0. The van der Waals surface area contributed by atoms with Crippen LogP contribution in [0.4, 0.5) is 17.2 Å². The smallest absolute Gasteiger partial charge is 0.358 e. The molecule has 0 radical (unpaired) electrons. The lowest BCUT2D eigenvalue weighted by Gasteiger charge is -2.11. The molecule has 2 aromatic carbocycles. The van der Waals surface area contributed by atoms with Gasteiger partial charge in [-0.2, -0.15) is 0 Å². The minimum absolute atomic E-state index is 0.171. The van der Waals surface area contributed by atoms with Crippen LogP contribution in [0.1, 0.15) is 10.4 Å². The summed E-state index contributed by atoms with van der Waals surface area (Å²) < 4.78 is 1.29. The van der Waals surface area contributed by atoms with Gasteiger partial charge < -0.3 is 25.3 Å². The van der Waals surface area contributed by atoms with Crippen molar-refractivity contribution < 1.29 is 14.5 Å². The van der Waals surface area contributed by atoms with E-state index in [1.54, 1.807) is 48.5 Å². The number of rotatable bonds is 6. The number of benzene rings is 2. The highest BCUT2D eigenvalue weighted by molar-refractivity contribution is 6.10. The molecule has 0 fully saturated rings.